The molecule has 0 unspecified atom stereocenters. The van der Waals surface area contributed by atoms with E-state index in [1.165, 1.54) is 0 Å². The number of aromatic nitrogens is 12. The number of rotatable bonds is 15. The minimum Gasteiger partial charge on any atom is -0.256 e. The molecule has 0 spiro atoms. The summed E-state index contributed by atoms with van der Waals surface area (Å²) in [6, 6.07) is 156. The maximum Gasteiger partial charge on any atom is 0.160 e. The van der Waals surface area contributed by atoms with E-state index in [0.717, 1.165) is 217 Å². The summed E-state index contributed by atoms with van der Waals surface area (Å²) in [5, 5.41) is 10.0. The second-order valence-corrected chi connectivity index (χ2v) is 32.4. The van der Waals surface area contributed by atoms with Gasteiger partial charge in [0.05, 0.1) is 84.9 Å². The average Bonchev–Trinajstić information content (AvgIpc) is 0.775. The van der Waals surface area contributed by atoms with Crippen molar-refractivity contribution in [3.05, 3.63) is 474 Å². The summed E-state index contributed by atoms with van der Waals surface area (Å²) < 4.78 is 0. The zero-order chi connectivity index (χ0) is 87.9. The van der Waals surface area contributed by atoms with Gasteiger partial charge >= 0.3 is 0 Å². The van der Waals surface area contributed by atoms with Crippen LogP contribution >= 0.6 is 0 Å². The van der Waals surface area contributed by atoms with Gasteiger partial charge in [-0.15, -0.1) is 0 Å². The number of fused-ring (bicyclic) bond motifs is 6. The van der Waals surface area contributed by atoms with Crippen molar-refractivity contribution in [3.63, 3.8) is 0 Å². The van der Waals surface area contributed by atoms with Crippen molar-refractivity contribution in [2.75, 3.05) is 0 Å². The highest BCUT2D eigenvalue weighted by Crippen LogP contribution is 2.41. The molecule has 12 heteroatoms. The molecular formula is C120H78N12. The lowest BCUT2D eigenvalue weighted by atomic mass is 9.97. The predicted molar refractivity (Wildman–Crippen MR) is 539 cm³/mol. The van der Waals surface area contributed by atoms with Gasteiger partial charge in [-0.2, -0.15) is 0 Å². The van der Waals surface area contributed by atoms with E-state index in [4.69, 9.17) is 59.8 Å². The molecule has 0 N–H and O–H groups in total. The fourth-order valence-corrected chi connectivity index (χ4v) is 16.9. The maximum atomic E-state index is 5.13. The molecule has 0 atom stereocenters. The SMILES string of the molecule is c1ccc(-c2cc(-c3ccccc3)nc(-c3cc(-c4cc5ccccc5cn4)cc(-c4ccc5ccccc5n4)c3)n2)cc1.c1ccc(-c2cc(-c3ccccc3)nc(-c3cc(-c4cc5ccccc5cn4)cc(-c4nccc5ccccc45)c3)n2)cc1.c1ccc(-c2cc(-c3ccccc3)nc(-c3cc(-c4ccc5ccccc5n4)cc(-c4ccc5ccccc5n4)c3)n2)cc1. The van der Waals surface area contributed by atoms with E-state index in [0.29, 0.717) is 17.5 Å². The second-order valence-electron chi connectivity index (χ2n) is 32.4. The summed E-state index contributed by atoms with van der Waals surface area (Å²) in [5.41, 5.74) is 28.2. The summed E-state index contributed by atoms with van der Waals surface area (Å²) in [6.07, 6.45) is 5.75. The monoisotopic (exact) mass is 1690 g/mol. The van der Waals surface area contributed by atoms with Crippen LogP contribution in [0.25, 0.3) is 234 Å². The quantitative estimate of drug-likeness (QED) is 0.0959. The van der Waals surface area contributed by atoms with E-state index < -0.39 is 0 Å². The van der Waals surface area contributed by atoms with Crippen LogP contribution in [0, 0.1) is 0 Å². The second kappa shape index (κ2) is 36.2. The molecule has 0 aliphatic rings. The van der Waals surface area contributed by atoms with Gasteiger partial charge in [-0.3, -0.25) is 15.0 Å². The van der Waals surface area contributed by atoms with Crippen molar-refractivity contribution < 1.29 is 0 Å². The van der Waals surface area contributed by atoms with Crippen LogP contribution < -0.4 is 0 Å². The van der Waals surface area contributed by atoms with Crippen molar-refractivity contribution in [1.29, 1.82) is 0 Å². The van der Waals surface area contributed by atoms with Gasteiger partial charge in [0.2, 0.25) is 0 Å². The molecule has 9 heterocycles. The maximum absolute atomic E-state index is 5.13. The van der Waals surface area contributed by atoms with E-state index in [1.807, 2.05) is 201 Å². The predicted octanol–water partition coefficient (Wildman–Crippen LogP) is 29.7. The first-order valence-corrected chi connectivity index (χ1v) is 43.9. The minimum atomic E-state index is 0.648. The summed E-state index contributed by atoms with van der Waals surface area (Å²) in [4.78, 5) is 60.4. The molecule has 0 saturated heterocycles. The molecule has 15 aromatic carbocycles. The molecule has 9 aromatic heterocycles. The van der Waals surface area contributed by atoms with Crippen LogP contribution in [-0.2, 0) is 0 Å². The summed E-state index contributed by atoms with van der Waals surface area (Å²) >= 11 is 0. The van der Waals surface area contributed by atoms with Crippen LogP contribution in [-0.4, -0.2) is 59.8 Å². The van der Waals surface area contributed by atoms with Gasteiger partial charge < -0.3 is 0 Å². The lowest BCUT2D eigenvalue weighted by Crippen LogP contribution is -1.97. The normalized spacial score (nSPS) is 11.2. The van der Waals surface area contributed by atoms with Crippen LogP contribution in [0.3, 0.4) is 0 Å². The first kappa shape index (κ1) is 79.9. The zero-order valence-corrected chi connectivity index (χ0v) is 71.4. The third-order valence-electron chi connectivity index (χ3n) is 23.7. The molecule has 0 aliphatic carbocycles. The van der Waals surface area contributed by atoms with Crippen molar-refractivity contribution in [2.24, 2.45) is 0 Å². The van der Waals surface area contributed by atoms with E-state index >= 15 is 0 Å². The van der Waals surface area contributed by atoms with Crippen molar-refractivity contribution in [3.8, 4) is 169 Å². The van der Waals surface area contributed by atoms with Crippen LogP contribution in [0.1, 0.15) is 0 Å². The fourth-order valence-electron chi connectivity index (χ4n) is 16.9. The van der Waals surface area contributed by atoms with Gasteiger partial charge in [0.1, 0.15) is 0 Å². The first-order chi connectivity index (χ1) is 65.3. The molecular weight excluding hydrogens is 1610 g/mol. The molecule has 0 saturated carbocycles. The van der Waals surface area contributed by atoms with Crippen molar-refractivity contribution in [2.45, 2.75) is 0 Å². The molecule has 12 nitrogen and oxygen atoms in total. The summed E-state index contributed by atoms with van der Waals surface area (Å²) in [7, 11) is 0. The Hall–Kier alpha value is -18.0. The van der Waals surface area contributed by atoms with Gasteiger partial charge in [0.25, 0.3) is 0 Å². The minimum absolute atomic E-state index is 0.648. The van der Waals surface area contributed by atoms with E-state index in [1.54, 1.807) is 0 Å². The van der Waals surface area contributed by atoms with Crippen molar-refractivity contribution >= 4 is 65.0 Å². The Morgan fingerprint density at radius 3 is 0.705 bits per heavy atom. The third kappa shape index (κ3) is 17.2. The molecule has 132 heavy (non-hydrogen) atoms. The summed E-state index contributed by atoms with van der Waals surface area (Å²) in [6.45, 7) is 0. The Morgan fingerprint density at radius 2 is 0.379 bits per heavy atom. The van der Waals surface area contributed by atoms with Gasteiger partial charge in [0, 0.05) is 134 Å². The lowest BCUT2D eigenvalue weighted by molar-refractivity contribution is 1.18. The Kier molecular flexibility index (Phi) is 21.9. The van der Waals surface area contributed by atoms with Gasteiger partial charge in [0.15, 0.2) is 17.5 Å². The standard InChI is InChI=1S/3C40H26N4/c1-3-11-27(12-4-1)38-26-39(28-13-5-2-6-14-28)44-40(43-38)33-24-31(36-21-19-29-15-7-9-17-34(29)41-36)23-32(25-33)37-22-20-30-16-8-10-18-35(30)42-37;1-3-12-28(13-4-1)37-25-38(29-14-5-2-6-15-29)44-40(43-37)34-22-32(36-24-30-16-7-8-17-31(30)26-42-36)21-33(23-34)39-35-18-10-9-11-27(35)19-20-41-39;1-3-11-27(12-4-1)38-25-39(28-13-5-2-6-14-28)44-40(43-38)34-22-32(36-20-19-29-15-9-10-18-35(29)42-36)21-33(23-34)37-24-30-16-7-8-17-31(30)26-41-37/h3*1-26H. The molecule has 0 aliphatic heterocycles. The number of para-hydroxylation sites is 3. The van der Waals surface area contributed by atoms with Crippen LogP contribution in [0.4, 0.5) is 0 Å². The Morgan fingerprint density at radius 1 is 0.129 bits per heavy atom. The van der Waals surface area contributed by atoms with Gasteiger partial charge in [-0.05, 0) is 144 Å². The zero-order valence-electron chi connectivity index (χ0n) is 71.4. The van der Waals surface area contributed by atoms with Crippen LogP contribution in [0.2, 0.25) is 0 Å². The Labute approximate surface area is 762 Å². The fraction of sp³-hybridized carbons (Fsp3) is 0. The average molecular weight is 1690 g/mol. The lowest BCUT2D eigenvalue weighted by Gasteiger charge is -2.13. The molecule has 618 valence electrons. The van der Waals surface area contributed by atoms with Crippen LogP contribution in [0.5, 0.6) is 0 Å². The molecule has 0 bridgehead atoms. The number of pyridine rings is 6. The molecule has 24 aromatic rings. The summed E-state index contributed by atoms with van der Waals surface area (Å²) in [5.74, 6) is 1.94. The smallest absolute Gasteiger partial charge is 0.160 e. The number of hydrogen-bond acceptors (Lipinski definition) is 12. The highest BCUT2D eigenvalue weighted by molar-refractivity contribution is 5.98. The van der Waals surface area contributed by atoms with E-state index in [2.05, 4.69) is 273 Å². The topological polar surface area (TPSA) is 155 Å². The number of hydrogen-bond donors (Lipinski definition) is 0. The van der Waals surface area contributed by atoms with Crippen molar-refractivity contribution in [1.82, 2.24) is 59.8 Å². The highest BCUT2D eigenvalue weighted by Gasteiger charge is 2.22. The molecule has 0 radical (unpaired) electrons. The Balaban J connectivity index is 0.000000116. The van der Waals surface area contributed by atoms with E-state index in [9.17, 15) is 0 Å². The largest absolute Gasteiger partial charge is 0.256 e. The molecule has 24 rings (SSSR count). The van der Waals surface area contributed by atoms with Gasteiger partial charge in [-0.25, -0.2) is 44.9 Å². The first-order valence-electron chi connectivity index (χ1n) is 43.9. The van der Waals surface area contributed by atoms with E-state index in [-0.39, 0.29) is 0 Å². The number of benzene rings is 15. The van der Waals surface area contributed by atoms with Crippen LogP contribution in [0.15, 0.2) is 474 Å². The molecule has 0 fully saturated rings. The molecule has 0 amide bonds. The van der Waals surface area contributed by atoms with Gasteiger partial charge in [-0.1, -0.05) is 328 Å². The third-order valence-corrected chi connectivity index (χ3v) is 23.7. The highest BCUT2D eigenvalue weighted by atomic mass is 14.9. The Bertz CT molecular complexity index is 7680. The number of nitrogens with zero attached hydrogens (tertiary/aromatic N) is 12.